The van der Waals surface area contributed by atoms with Gasteiger partial charge in [0.2, 0.25) is 0 Å². The fraction of sp³-hybridized carbons (Fsp3) is 0.556. The molecule has 0 saturated carbocycles. The van der Waals surface area contributed by atoms with Crippen LogP contribution in [0.2, 0.25) is 5.02 Å². The van der Waals surface area contributed by atoms with E-state index in [1.807, 2.05) is 38.1 Å². The van der Waals surface area contributed by atoms with E-state index < -0.39 is 5.60 Å². The van der Waals surface area contributed by atoms with E-state index in [2.05, 4.69) is 21.9 Å². The van der Waals surface area contributed by atoms with Crippen molar-refractivity contribution in [2.45, 2.75) is 38.8 Å². The van der Waals surface area contributed by atoms with Crippen molar-refractivity contribution >= 4 is 11.6 Å². The summed E-state index contributed by atoms with van der Waals surface area (Å²) in [7, 11) is 0. The molecular weight excluding hydrogens is 452 g/mol. The number of hydrogen-bond donors (Lipinski definition) is 1. The van der Waals surface area contributed by atoms with Crippen LogP contribution in [0.4, 0.5) is 0 Å². The average molecular weight is 489 g/mol. The number of morpholine rings is 1. The molecule has 2 aliphatic rings. The van der Waals surface area contributed by atoms with E-state index in [0.29, 0.717) is 13.2 Å². The monoisotopic (exact) mass is 488 g/mol. The summed E-state index contributed by atoms with van der Waals surface area (Å²) in [4.78, 5) is 4.68. The van der Waals surface area contributed by atoms with Gasteiger partial charge in [-0.2, -0.15) is 0 Å². The zero-order valence-electron chi connectivity index (χ0n) is 20.4. The van der Waals surface area contributed by atoms with Gasteiger partial charge in [0.25, 0.3) is 0 Å². The molecule has 2 aromatic carbocycles. The van der Waals surface area contributed by atoms with Gasteiger partial charge in [0.1, 0.15) is 30.3 Å². The Morgan fingerprint density at radius 1 is 1.00 bits per heavy atom. The highest BCUT2D eigenvalue weighted by Gasteiger charge is 2.34. The summed E-state index contributed by atoms with van der Waals surface area (Å²) in [5, 5.41) is 12.0. The Morgan fingerprint density at radius 3 is 2.53 bits per heavy atom. The second-order valence-corrected chi connectivity index (χ2v) is 10.0. The molecule has 0 radical (unpaired) electrons. The number of β-amino-alcohol motifs (C(OH)–C–C–N with tert-alkyl or cyclic N) is 1. The Hall–Kier alpha value is -1.83. The van der Waals surface area contributed by atoms with Gasteiger partial charge in [0, 0.05) is 37.7 Å². The number of rotatable bonds is 9. The Morgan fingerprint density at radius 2 is 1.76 bits per heavy atom. The van der Waals surface area contributed by atoms with Crippen molar-refractivity contribution in [1.82, 2.24) is 9.80 Å². The summed E-state index contributed by atoms with van der Waals surface area (Å²) in [5.74, 6) is 1.65. The summed E-state index contributed by atoms with van der Waals surface area (Å²) in [6.07, 6.45) is 1.67. The van der Waals surface area contributed by atoms with Gasteiger partial charge in [0.05, 0.1) is 13.2 Å². The third kappa shape index (κ3) is 7.09. The first kappa shape index (κ1) is 25.3. The molecule has 4 rings (SSSR count). The molecule has 2 fully saturated rings. The highest BCUT2D eigenvalue weighted by molar-refractivity contribution is 6.32. The molecule has 0 aromatic heterocycles. The van der Waals surface area contributed by atoms with Crippen molar-refractivity contribution in [3.63, 3.8) is 0 Å². The maximum absolute atomic E-state index is 11.2. The van der Waals surface area contributed by atoms with E-state index in [1.165, 1.54) is 5.56 Å². The molecule has 2 saturated heterocycles. The van der Waals surface area contributed by atoms with Crippen LogP contribution >= 0.6 is 11.6 Å². The lowest BCUT2D eigenvalue weighted by Crippen LogP contribution is -2.51. The number of nitrogens with zero attached hydrogens (tertiary/aromatic N) is 2. The average Bonchev–Trinajstić information content (AvgIpc) is 2.82. The maximum atomic E-state index is 11.2. The van der Waals surface area contributed by atoms with Crippen LogP contribution < -0.4 is 9.47 Å². The molecule has 1 atom stereocenters. The molecule has 0 aliphatic carbocycles. The van der Waals surface area contributed by atoms with Crippen molar-refractivity contribution in [3.05, 3.63) is 58.1 Å². The fourth-order valence-electron chi connectivity index (χ4n) is 4.78. The van der Waals surface area contributed by atoms with Gasteiger partial charge in [-0.3, -0.25) is 9.80 Å². The molecule has 7 heteroatoms. The number of ether oxygens (including phenoxy) is 3. The van der Waals surface area contributed by atoms with Crippen molar-refractivity contribution in [3.8, 4) is 11.5 Å². The number of aryl methyl sites for hydroxylation is 2. The number of halogens is 1. The summed E-state index contributed by atoms with van der Waals surface area (Å²) in [6.45, 7) is 11.7. The van der Waals surface area contributed by atoms with Crippen LogP contribution in [0.25, 0.3) is 0 Å². The molecule has 0 unspecified atom stereocenters. The molecule has 34 heavy (non-hydrogen) atoms. The highest BCUT2D eigenvalue weighted by atomic mass is 35.5. The van der Waals surface area contributed by atoms with Crippen molar-refractivity contribution in [1.29, 1.82) is 0 Å². The minimum atomic E-state index is -0.869. The van der Waals surface area contributed by atoms with Gasteiger partial charge in [0.15, 0.2) is 0 Å². The molecule has 2 aromatic rings. The Labute approximate surface area is 208 Å². The van der Waals surface area contributed by atoms with Gasteiger partial charge in [-0.05, 0) is 74.2 Å². The van der Waals surface area contributed by atoms with Crippen molar-refractivity contribution in [2.24, 2.45) is 0 Å². The number of likely N-dealkylation sites (tertiary alicyclic amines) is 1. The van der Waals surface area contributed by atoms with E-state index >= 15 is 0 Å². The van der Waals surface area contributed by atoms with Crippen LogP contribution in [0, 0.1) is 13.8 Å². The van der Waals surface area contributed by atoms with Gasteiger partial charge in [-0.1, -0.05) is 23.7 Å². The Kier molecular flexibility index (Phi) is 8.72. The van der Waals surface area contributed by atoms with Gasteiger partial charge < -0.3 is 19.3 Å². The number of piperidine rings is 1. The maximum Gasteiger partial charge on any atom is 0.120 e. The second-order valence-electron chi connectivity index (χ2n) is 9.65. The first-order valence-corrected chi connectivity index (χ1v) is 12.6. The molecule has 0 bridgehead atoms. The third-order valence-corrected chi connectivity index (χ3v) is 7.23. The minimum Gasteiger partial charge on any atom is -0.492 e. The van der Waals surface area contributed by atoms with E-state index in [4.69, 9.17) is 25.8 Å². The van der Waals surface area contributed by atoms with Crippen LogP contribution in [0.1, 0.15) is 29.5 Å². The lowest BCUT2D eigenvalue weighted by molar-refractivity contribution is -0.0621. The molecule has 2 heterocycles. The van der Waals surface area contributed by atoms with Crippen molar-refractivity contribution < 1.29 is 19.3 Å². The van der Waals surface area contributed by atoms with E-state index in [1.54, 1.807) is 0 Å². The topological polar surface area (TPSA) is 54.4 Å². The van der Waals surface area contributed by atoms with Gasteiger partial charge in [-0.25, -0.2) is 0 Å². The quantitative estimate of drug-likeness (QED) is 0.574. The van der Waals surface area contributed by atoms with Gasteiger partial charge >= 0.3 is 0 Å². The van der Waals surface area contributed by atoms with Crippen LogP contribution in [0.5, 0.6) is 11.5 Å². The van der Waals surface area contributed by atoms with Crippen LogP contribution in [-0.4, -0.2) is 79.7 Å². The molecular formula is C27H37ClN2O4. The van der Waals surface area contributed by atoms with Crippen LogP contribution in [0.3, 0.4) is 0 Å². The number of hydrogen-bond acceptors (Lipinski definition) is 6. The predicted octanol–water partition coefficient (Wildman–Crippen LogP) is 4.07. The zero-order chi connectivity index (χ0) is 24.0. The molecule has 2 aliphatic heterocycles. The second kappa shape index (κ2) is 11.7. The first-order valence-electron chi connectivity index (χ1n) is 12.3. The van der Waals surface area contributed by atoms with E-state index in [9.17, 15) is 5.11 Å². The lowest BCUT2D eigenvalue weighted by atomic mass is 9.93. The predicted molar refractivity (Wildman–Crippen MR) is 135 cm³/mol. The smallest absolute Gasteiger partial charge is 0.120 e. The summed E-state index contributed by atoms with van der Waals surface area (Å²) in [5.41, 5.74) is 2.30. The summed E-state index contributed by atoms with van der Waals surface area (Å²) in [6, 6.07) is 12.2. The highest BCUT2D eigenvalue weighted by Crippen LogP contribution is 2.28. The Bertz CT molecular complexity index is 927. The Balaban J connectivity index is 1.28. The van der Waals surface area contributed by atoms with E-state index in [-0.39, 0.29) is 6.61 Å². The standard InChI is InChI=1S/C27H37ClN2O4/c1-21-15-25(16-22(2)26(21)28)34-20-27(31)7-4-8-30(19-27)18-23-5-3-6-24(17-23)33-14-11-29-9-12-32-13-10-29/h3,5-6,15-17,31H,4,7-14,18-20H2,1-2H3/t27-/m0/s1. The zero-order valence-corrected chi connectivity index (χ0v) is 21.1. The fourth-order valence-corrected chi connectivity index (χ4v) is 4.88. The minimum absolute atomic E-state index is 0.273. The molecule has 1 N–H and O–H groups in total. The number of benzene rings is 2. The van der Waals surface area contributed by atoms with Crippen LogP contribution in [0.15, 0.2) is 36.4 Å². The molecule has 0 spiro atoms. The number of aliphatic hydroxyl groups is 1. The molecule has 6 nitrogen and oxygen atoms in total. The van der Waals surface area contributed by atoms with E-state index in [0.717, 1.165) is 86.4 Å². The van der Waals surface area contributed by atoms with Crippen LogP contribution in [-0.2, 0) is 11.3 Å². The largest absolute Gasteiger partial charge is 0.492 e. The molecule has 186 valence electrons. The SMILES string of the molecule is Cc1cc(OC[C@]2(O)CCCN(Cc3cccc(OCCN4CCOCC4)c3)C2)cc(C)c1Cl. The normalized spacial score (nSPS) is 22.0. The lowest BCUT2D eigenvalue weighted by Gasteiger charge is -2.39. The summed E-state index contributed by atoms with van der Waals surface area (Å²) < 4.78 is 17.4. The van der Waals surface area contributed by atoms with Gasteiger partial charge in [-0.15, -0.1) is 0 Å². The molecule has 0 amide bonds. The van der Waals surface area contributed by atoms with Crippen molar-refractivity contribution in [2.75, 3.05) is 59.2 Å². The summed E-state index contributed by atoms with van der Waals surface area (Å²) >= 11 is 6.27. The third-order valence-electron chi connectivity index (χ3n) is 6.64. The first-order chi connectivity index (χ1) is 16.4.